The number of thiophene rings is 2. The van der Waals surface area contributed by atoms with E-state index in [0.29, 0.717) is 0 Å². The maximum absolute atomic E-state index is 6.12. The second-order valence-electron chi connectivity index (χ2n) is 2.97. The zero-order chi connectivity index (χ0) is 9.26. The van der Waals surface area contributed by atoms with Crippen LogP contribution < -0.4 is 5.73 Å². The summed E-state index contributed by atoms with van der Waals surface area (Å²) in [5, 5.41) is 6.27. The predicted octanol–water partition coefficient (Wildman–Crippen LogP) is 3.17. The summed E-state index contributed by atoms with van der Waals surface area (Å²) in [6.45, 7) is 2.12. The summed E-state index contributed by atoms with van der Waals surface area (Å²) in [4.78, 5) is 1.32. The summed E-state index contributed by atoms with van der Waals surface area (Å²) in [5.74, 6) is 0. The van der Waals surface area contributed by atoms with Crippen LogP contribution >= 0.6 is 22.7 Å². The Kier molecular flexibility index (Phi) is 2.49. The van der Waals surface area contributed by atoms with E-state index in [0.717, 1.165) is 0 Å². The zero-order valence-electron chi connectivity index (χ0n) is 7.36. The van der Waals surface area contributed by atoms with Crippen molar-refractivity contribution in [1.82, 2.24) is 0 Å². The van der Waals surface area contributed by atoms with Crippen LogP contribution in [0.1, 0.15) is 22.0 Å². The summed E-state index contributed by atoms with van der Waals surface area (Å²) >= 11 is 3.45. The molecule has 0 saturated carbocycles. The normalized spacial score (nSPS) is 13.1. The number of hydrogen-bond acceptors (Lipinski definition) is 3. The predicted molar refractivity (Wildman–Crippen MR) is 59.4 cm³/mol. The first-order valence-electron chi connectivity index (χ1n) is 4.10. The maximum atomic E-state index is 6.12. The lowest BCUT2D eigenvalue weighted by atomic mass is 10.0. The van der Waals surface area contributed by atoms with Crippen molar-refractivity contribution in [2.75, 3.05) is 0 Å². The number of aryl methyl sites for hydroxylation is 1. The highest BCUT2D eigenvalue weighted by Crippen LogP contribution is 2.27. The van der Waals surface area contributed by atoms with Gasteiger partial charge in [0.1, 0.15) is 0 Å². The Morgan fingerprint density at radius 3 is 2.69 bits per heavy atom. The average molecular weight is 209 g/mol. The van der Waals surface area contributed by atoms with Crippen molar-refractivity contribution >= 4 is 22.7 Å². The molecule has 1 nitrogen and oxygen atoms in total. The van der Waals surface area contributed by atoms with Gasteiger partial charge in [0.2, 0.25) is 0 Å². The molecule has 0 aliphatic heterocycles. The zero-order valence-corrected chi connectivity index (χ0v) is 8.99. The van der Waals surface area contributed by atoms with Crippen LogP contribution in [0.2, 0.25) is 0 Å². The molecule has 1 unspecified atom stereocenters. The molecule has 2 N–H and O–H groups in total. The van der Waals surface area contributed by atoms with Crippen LogP contribution in [0.15, 0.2) is 28.3 Å². The molecule has 0 radical (unpaired) electrons. The molecule has 2 aromatic heterocycles. The summed E-state index contributed by atoms with van der Waals surface area (Å²) < 4.78 is 0. The first kappa shape index (κ1) is 8.94. The van der Waals surface area contributed by atoms with E-state index in [2.05, 4.69) is 35.2 Å². The van der Waals surface area contributed by atoms with Crippen LogP contribution in [0.3, 0.4) is 0 Å². The van der Waals surface area contributed by atoms with Crippen molar-refractivity contribution in [2.24, 2.45) is 5.73 Å². The van der Waals surface area contributed by atoms with E-state index in [-0.39, 0.29) is 6.04 Å². The van der Waals surface area contributed by atoms with Gasteiger partial charge in [0, 0.05) is 4.88 Å². The van der Waals surface area contributed by atoms with Gasteiger partial charge in [-0.3, -0.25) is 0 Å². The third-order valence-corrected chi connectivity index (χ3v) is 3.70. The van der Waals surface area contributed by atoms with Gasteiger partial charge in [0.15, 0.2) is 0 Å². The molecule has 3 heteroatoms. The Balaban J connectivity index is 2.33. The Morgan fingerprint density at radius 2 is 2.15 bits per heavy atom. The molecule has 2 aromatic rings. The largest absolute Gasteiger partial charge is 0.320 e. The Bertz CT molecular complexity index is 375. The first-order valence-corrected chi connectivity index (χ1v) is 5.93. The molecule has 0 saturated heterocycles. The Morgan fingerprint density at radius 1 is 1.31 bits per heavy atom. The van der Waals surface area contributed by atoms with E-state index in [1.165, 1.54) is 16.0 Å². The molecule has 2 heterocycles. The molecule has 0 amide bonds. The van der Waals surface area contributed by atoms with Crippen molar-refractivity contribution < 1.29 is 0 Å². The molecule has 0 aromatic carbocycles. The summed E-state index contributed by atoms with van der Waals surface area (Å²) in [5.41, 5.74) is 8.59. The van der Waals surface area contributed by atoms with Crippen LogP contribution in [-0.4, -0.2) is 0 Å². The lowest BCUT2D eigenvalue weighted by Gasteiger charge is -2.08. The van der Waals surface area contributed by atoms with E-state index in [1.807, 2.05) is 0 Å². The maximum Gasteiger partial charge on any atom is 0.0570 e. The van der Waals surface area contributed by atoms with E-state index < -0.39 is 0 Å². The molecular formula is C10H11NS2. The third-order valence-electron chi connectivity index (χ3n) is 2.14. The van der Waals surface area contributed by atoms with Crippen molar-refractivity contribution in [2.45, 2.75) is 13.0 Å². The Hall–Kier alpha value is -0.640. The molecule has 1 atom stereocenters. The minimum atomic E-state index is 0.0532. The Labute approximate surface area is 85.8 Å². The fraction of sp³-hybridized carbons (Fsp3) is 0.200. The molecular weight excluding hydrogens is 198 g/mol. The molecule has 13 heavy (non-hydrogen) atoms. The van der Waals surface area contributed by atoms with Crippen LogP contribution in [0.4, 0.5) is 0 Å². The SMILES string of the molecule is Cc1sccc1C(N)c1ccsc1. The topological polar surface area (TPSA) is 26.0 Å². The average Bonchev–Trinajstić information content (AvgIpc) is 2.72. The lowest BCUT2D eigenvalue weighted by Crippen LogP contribution is -2.10. The highest BCUT2D eigenvalue weighted by molar-refractivity contribution is 7.10. The molecule has 0 aliphatic carbocycles. The van der Waals surface area contributed by atoms with Gasteiger partial charge in [-0.2, -0.15) is 11.3 Å². The quantitative estimate of drug-likeness (QED) is 0.807. The highest BCUT2D eigenvalue weighted by atomic mass is 32.1. The van der Waals surface area contributed by atoms with E-state index in [4.69, 9.17) is 5.73 Å². The minimum absolute atomic E-state index is 0.0532. The monoisotopic (exact) mass is 209 g/mol. The van der Waals surface area contributed by atoms with E-state index in [1.54, 1.807) is 22.7 Å². The number of hydrogen-bond donors (Lipinski definition) is 1. The molecule has 0 spiro atoms. The van der Waals surface area contributed by atoms with E-state index >= 15 is 0 Å². The van der Waals surface area contributed by atoms with Gasteiger partial charge in [0.25, 0.3) is 0 Å². The van der Waals surface area contributed by atoms with Crippen molar-refractivity contribution in [3.63, 3.8) is 0 Å². The summed E-state index contributed by atoms with van der Waals surface area (Å²) in [6.07, 6.45) is 0. The van der Waals surface area contributed by atoms with Gasteiger partial charge in [-0.05, 0) is 46.3 Å². The van der Waals surface area contributed by atoms with Crippen LogP contribution in [0.25, 0.3) is 0 Å². The standard InChI is InChI=1S/C10H11NS2/c1-7-9(3-5-13-7)10(11)8-2-4-12-6-8/h2-6,10H,11H2,1H3. The van der Waals surface area contributed by atoms with Crippen LogP contribution in [-0.2, 0) is 0 Å². The fourth-order valence-electron chi connectivity index (χ4n) is 1.35. The third kappa shape index (κ3) is 1.68. The first-order chi connectivity index (χ1) is 6.29. The second-order valence-corrected chi connectivity index (χ2v) is 4.87. The van der Waals surface area contributed by atoms with Gasteiger partial charge >= 0.3 is 0 Å². The molecule has 68 valence electrons. The minimum Gasteiger partial charge on any atom is -0.320 e. The smallest absolute Gasteiger partial charge is 0.0570 e. The van der Waals surface area contributed by atoms with Gasteiger partial charge in [0.05, 0.1) is 6.04 Å². The van der Waals surface area contributed by atoms with Crippen LogP contribution in [0, 0.1) is 6.92 Å². The highest BCUT2D eigenvalue weighted by Gasteiger charge is 2.11. The van der Waals surface area contributed by atoms with Crippen LogP contribution in [0.5, 0.6) is 0 Å². The molecule has 2 rings (SSSR count). The van der Waals surface area contributed by atoms with Gasteiger partial charge in [-0.1, -0.05) is 0 Å². The fourth-order valence-corrected chi connectivity index (χ4v) is 2.80. The van der Waals surface area contributed by atoms with Gasteiger partial charge in [-0.15, -0.1) is 11.3 Å². The summed E-state index contributed by atoms with van der Waals surface area (Å²) in [7, 11) is 0. The molecule has 0 aliphatic rings. The van der Waals surface area contributed by atoms with E-state index in [9.17, 15) is 0 Å². The lowest BCUT2D eigenvalue weighted by molar-refractivity contribution is 0.875. The number of nitrogens with two attached hydrogens (primary N) is 1. The van der Waals surface area contributed by atoms with Crippen molar-refractivity contribution in [3.8, 4) is 0 Å². The molecule has 0 fully saturated rings. The second kappa shape index (κ2) is 3.62. The van der Waals surface area contributed by atoms with Gasteiger partial charge in [-0.25, -0.2) is 0 Å². The number of rotatable bonds is 2. The molecule has 0 bridgehead atoms. The van der Waals surface area contributed by atoms with Crippen molar-refractivity contribution in [1.29, 1.82) is 0 Å². The van der Waals surface area contributed by atoms with Gasteiger partial charge < -0.3 is 5.73 Å². The summed E-state index contributed by atoms with van der Waals surface area (Å²) in [6, 6.07) is 4.26. The van der Waals surface area contributed by atoms with Crippen molar-refractivity contribution in [3.05, 3.63) is 44.3 Å².